The molecule has 0 atom stereocenters. The third-order valence-corrected chi connectivity index (χ3v) is 2.95. The molecule has 0 aromatic heterocycles. The van der Waals surface area contributed by atoms with Crippen molar-refractivity contribution in [3.05, 3.63) is 65.2 Å². The molecule has 0 heterocycles. The van der Waals surface area contributed by atoms with Gasteiger partial charge >= 0.3 is 5.97 Å². The minimum absolute atomic E-state index is 0.194. The molecule has 0 saturated carbocycles. The summed E-state index contributed by atoms with van der Waals surface area (Å²) >= 11 is 0. The number of esters is 1. The first-order valence-electron chi connectivity index (χ1n) is 6.77. The van der Waals surface area contributed by atoms with Gasteiger partial charge < -0.3 is 9.47 Å². The fourth-order valence-corrected chi connectivity index (χ4v) is 1.80. The van der Waals surface area contributed by atoms with Gasteiger partial charge in [-0.2, -0.15) is 5.26 Å². The van der Waals surface area contributed by atoms with Gasteiger partial charge in [-0.25, -0.2) is 13.6 Å². The number of ether oxygens (including phenoxy) is 2. The molecule has 0 bridgehead atoms. The maximum Gasteiger partial charge on any atom is 0.344 e. The molecule has 0 spiro atoms. The monoisotopic (exact) mass is 331 g/mol. The molecule has 0 fully saturated rings. The van der Waals surface area contributed by atoms with Crippen LogP contribution >= 0.6 is 0 Å². The highest BCUT2D eigenvalue weighted by atomic mass is 19.1. The second kappa shape index (κ2) is 7.83. The van der Waals surface area contributed by atoms with Crippen LogP contribution in [0.4, 0.5) is 8.78 Å². The SMILES string of the molecule is N#Cc1ccccc1OCC(=O)OCC(=O)c1cc(F)ccc1F. The number of Topliss-reactive ketones (excluding diaryl/α,β-unsaturated/α-hetero) is 1. The van der Waals surface area contributed by atoms with E-state index in [9.17, 15) is 18.4 Å². The Hall–Kier alpha value is -3.27. The number of nitrogens with zero attached hydrogens (tertiary/aromatic N) is 1. The standard InChI is InChI=1S/C17H11F2NO4/c18-12-5-6-14(19)13(7-12)15(21)9-24-17(22)10-23-16-4-2-1-3-11(16)8-20/h1-7H,9-10H2. The Kier molecular flexibility index (Phi) is 5.58. The minimum Gasteiger partial charge on any atom is -0.481 e. The molecule has 0 unspecified atom stereocenters. The molecule has 0 saturated heterocycles. The lowest BCUT2D eigenvalue weighted by Crippen LogP contribution is -2.20. The van der Waals surface area contributed by atoms with Gasteiger partial charge in [0.1, 0.15) is 23.5 Å². The predicted octanol–water partition coefficient (Wildman–Crippen LogP) is 2.64. The molecule has 5 nitrogen and oxygen atoms in total. The summed E-state index contributed by atoms with van der Waals surface area (Å²) in [5, 5.41) is 8.88. The summed E-state index contributed by atoms with van der Waals surface area (Å²) in [4.78, 5) is 23.3. The normalized spacial score (nSPS) is 9.88. The second-order valence-corrected chi connectivity index (χ2v) is 4.60. The lowest BCUT2D eigenvalue weighted by atomic mass is 10.1. The summed E-state index contributed by atoms with van der Waals surface area (Å²) in [6.45, 7) is -1.28. The van der Waals surface area contributed by atoms with Gasteiger partial charge in [-0.1, -0.05) is 12.1 Å². The molecule has 2 rings (SSSR count). The van der Waals surface area contributed by atoms with E-state index in [4.69, 9.17) is 10.00 Å². The first-order valence-corrected chi connectivity index (χ1v) is 6.77. The van der Waals surface area contributed by atoms with Crippen molar-refractivity contribution in [2.45, 2.75) is 0 Å². The van der Waals surface area contributed by atoms with Crippen LogP contribution in [0.3, 0.4) is 0 Å². The first kappa shape index (κ1) is 17.1. The van der Waals surface area contributed by atoms with Crippen molar-refractivity contribution < 1.29 is 27.8 Å². The maximum atomic E-state index is 13.4. The number of hydrogen-bond donors (Lipinski definition) is 0. The van der Waals surface area contributed by atoms with Crippen LogP contribution in [0.5, 0.6) is 5.75 Å². The number of rotatable bonds is 6. The Morgan fingerprint density at radius 2 is 1.83 bits per heavy atom. The van der Waals surface area contributed by atoms with E-state index < -0.39 is 42.2 Å². The molecule has 24 heavy (non-hydrogen) atoms. The number of carbonyl (C=O) groups is 2. The van der Waals surface area contributed by atoms with Crippen LogP contribution < -0.4 is 4.74 Å². The second-order valence-electron chi connectivity index (χ2n) is 4.60. The van der Waals surface area contributed by atoms with Crippen molar-refractivity contribution >= 4 is 11.8 Å². The van der Waals surface area contributed by atoms with E-state index in [1.54, 1.807) is 12.1 Å². The molecule has 2 aromatic rings. The highest BCUT2D eigenvalue weighted by Crippen LogP contribution is 2.16. The molecule has 0 aliphatic carbocycles. The van der Waals surface area contributed by atoms with Crippen LogP contribution in [-0.4, -0.2) is 25.0 Å². The van der Waals surface area contributed by atoms with Gasteiger partial charge in [-0.15, -0.1) is 0 Å². The van der Waals surface area contributed by atoms with Crippen LogP contribution in [0.15, 0.2) is 42.5 Å². The number of ketones is 1. The van der Waals surface area contributed by atoms with Crippen LogP contribution in [0.1, 0.15) is 15.9 Å². The molecule has 7 heteroatoms. The lowest BCUT2D eigenvalue weighted by Gasteiger charge is -2.08. The molecule has 0 aliphatic heterocycles. The summed E-state index contributed by atoms with van der Waals surface area (Å²) in [5.41, 5.74) is -0.262. The molecule has 0 N–H and O–H groups in total. The zero-order valence-electron chi connectivity index (χ0n) is 12.3. The van der Waals surface area contributed by atoms with Crippen molar-refractivity contribution in [3.63, 3.8) is 0 Å². The average Bonchev–Trinajstić information content (AvgIpc) is 2.60. The summed E-state index contributed by atoms with van der Waals surface area (Å²) in [5.74, 6) is -3.25. The number of para-hydroxylation sites is 1. The summed E-state index contributed by atoms with van der Waals surface area (Å²) in [6.07, 6.45) is 0. The van der Waals surface area contributed by atoms with E-state index in [0.717, 1.165) is 18.2 Å². The summed E-state index contributed by atoms with van der Waals surface area (Å²) in [6, 6.07) is 10.6. The molecular formula is C17H11F2NO4. The topological polar surface area (TPSA) is 76.4 Å². The van der Waals surface area contributed by atoms with Gasteiger partial charge in [-0.05, 0) is 30.3 Å². The third kappa shape index (κ3) is 4.36. The largest absolute Gasteiger partial charge is 0.481 e. The Bertz CT molecular complexity index is 814. The highest BCUT2D eigenvalue weighted by Gasteiger charge is 2.15. The van der Waals surface area contributed by atoms with E-state index >= 15 is 0 Å². The third-order valence-electron chi connectivity index (χ3n) is 2.95. The van der Waals surface area contributed by atoms with Crippen molar-refractivity contribution in [1.29, 1.82) is 5.26 Å². The van der Waals surface area contributed by atoms with Crippen LogP contribution in [-0.2, 0) is 9.53 Å². The fraction of sp³-hybridized carbons (Fsp3) is 0.118. The van der Waals surface area contributed by atoms with Crippen LogP contribution in [0.25, 0.3) is 0 Å². The lowest BCUT2D eigenvalue weighted by molar-refractivity contribution is -0.144. The summed E-state index contributed by atoms with van der Waals surface area (Å²) in [7, 11) is 0. The van der Waals surface area contributed by atoms with E-state index in [1.165, 1.54) is 12.1 Å². The Morgan fingerprint density at radius 1 is 1.08 bits per heavy atom. The van der Waals surface area contributed by atoms with E-state index in [-0.39, 0.29) is 11.3 Å². The molecule has 0 radical (unpaired) electrons. The zero-order valence-corrected chi connectivity index (χ0v) is 12.3. The van der Waals surface area contributed by atoms with Crippen LogP contribution in [0.2, 0.25) is 0 Å². The number of hydrogen-bond acceptors (Lipinski definition) is 5. The Labute approximate surface area is 136 Å². The van der Waals surface area contributed by atoms with Gasteiger partial charge in [0.05, 0.1) is 11.1 Å². The van der Waals surface area contributed by atoms with E-state index in [0.29, 0.717) is 0 Å². The van der Waals surface area contributed by atoms with Crippen molar-refractivity contribution in [3.8, 4) is 11.8 Å². The predicted molar refractivity (Wildman–Crippen MR) is 78.3 cm³/mol. The zero-order chi connectivity index (χ0) is 17.5. The van der Waals surface area contributed by atoms with Gasteiger partial charge in [0.2, 0.25) is 5.78 Å². The number of nitriles is 1. The number of benzene rings is 2. The number of halogens is 2. The van der Waals surface area contributed by atoms with E-state index in [2.05, 4.69) is 4.74 Å². The van der Waals surface area contributed by atoms with Gasteiger partial charge in [-0.3, -0.25) is 4.79 Å². The molecule has 2 aromatic carbocycles. The highest BCUT2D eigenvalue weighted by molar-refractivity contribution is 5.98. The Balaban J connectivity index is 1.88. The van der Waals surface area contributed by atoms with Crippen LogP contribution in [0, 0.1) is 23.0 Å². The summed E-state index contributed by atoms with van der Waals surface area (Å²) < 4.78 is 36.2. The Morgan fingerprint density at radius 3 is 2.58 bits per heavy atom. The van der Waals surface area contributed by atoms with Crippen molar-refractivity contribution in [1.82, 2.24) is 0 Å². The van der Waals surface area contributed by atoms with E-state index in [1.807, 2.05) is 6.07 Å². The fourth-order valence-electron chi connectivity index (χ4n) is 1.80. The van der Waals surface area contributed by atoms with Crippen molar-refractivity contribution in [2.24, 2.45) is 0 Å². The minimum atomic E-state index is -0.906. The van der Waals surface area contributed by atoms with Crippen molar-refractivity contribution in [2.75, 3.05) is 13.2 Å². The smallest absolute Gasteiger partial charge is 0.344 e. The maximum absolute atomic E-state index is 13.4. The molecular weight excluding hydrogens is 320 g/mol. The van der Waals surface area contributed by atoms with Gasteiger partial charge in [0, 0.05) is 0 Å². The average molecular weight is 331 g/mol. The molecule has 0 aliphatic rings. The first-order chi connectivity index (χ1) is 11.5. The number of carbonyl (C=O) groups excluding carboxylic acids is 2. The molecule has 0 amide bonds. The quantitative estimate of drug-likeness (QED) is 0.601. The molecule has 122 valence electrons. The van der Waals surface area contributed by atoms with Gasteiger partial charge in [0.15, 0.2) is 13.2 Å². The van der Waals surface area contributed by atoms with Gasteiger partial charge in [0.25, 0.3) is 0 Å².